The van der Waals surface area contributed by atoms with Crippen molar-refractivity contribution in [1.82, 2.24) is 15.2 Å². The van der Waals surface area contributed by atoms with Crippen LogP contribution in [0.3, 0.4) is 0 Å². The summed E-state index contributed by atoms with van der Waals surface area (Å²) >= 11 is 0. The van der Waals surface area contributed by atoms with E-state index in [4.69, 9.17) is 5.26 Å². The van der Waals surface area contributed by atoms with E-state index in [1.54, 1.807) is 17.0 Å². The predicted molar refractivity (Wildman–Crippen MR) is 74.1 cm³/mol. The minimum Gasteiger partial charge on any atom is -0.353 e. The fraction of sp³-hybridized carbons (Fsp3) is 0.467. The zero-order valence-corrected chi connectivity index (χ0v) is 11.6. The summed E-state index contributed by atoms with van der Waals surface area (Å²) in [6, 6.07) is 5.38. The number of pyridine rings is 1. The summed E-state index contributed by atoms with van der Waals surface area (Å²) in [5.41, 5.74) is 0.813. The van der Waals surface area contributed by atoms with Gasteiger partial charge in [-0.3, -0.25) is 9.59 Å². The second-order valence-corrected chi connectivity index (χ2v) is 5.56. The van der Waals surface area contributed by atoms with Gasteiger partial charge in [0.1, 0.15) is 11.8 Å². The highest BCUT2D eigenvalue weighted by Gasteiger charge is 2.35. The highest BCUT2D eigenvalue weighted by Crippen LogP contribution is 2.26. The number of amides is 2. The monoisotopic (exact) mass is 284 g/mol. The number of nitriles is 1. The minimum absolute atomic E-state index is 0.102. The van der Waals surface area contributed by atoms with Crippen LogP contribution in [0.2, 0.25) is 0 Å². The number of carbonyl (C=O) groups excluding carboxylic acids is 2. The molecule has 2 aliphatic heterocycles. The van der Waals surface area contributed by atoms with E-state index in [2.05, 4.69) is 10.3 Å². The van der Waals surface area contributed by atoms with E-state index < -0.39 is 0 Å². The number of likely N-dealkylation sites (tertiary alicyclic amines) is 1. The number of fused-ring (bicyclic) bond motifs is 1. The standard InChI is InChI=1S/C15H16N4O2/c16-7-10-1-3-13(17-8-10)15(21)19-6-5-12-11(9-19)2-4-14(20)18-12/h1,3,8,11-12H,2,4-6,9H2,(H,18,20). The first kappa shape index (κ1) is 13.6. The van der Waals surface area contributed by atoms with Gasteiger partial charge in [-0.05, 0) is 30.9 Å². The average molecular weight is 284 g/mol. The normalized spacial score (nSPS) is 24.7. The van der Waals surface area contributed by atoms with Crippen LogP contribution in [0.25, 0.3) is 0 Å². The molecule has 6 heteroatoms. The summed E-state index contributed by atoms with van der Waals surface area (Å²) in [5.74, 6) is 0.346. The second kappa shape index (κ2) is 5.52. The molecule has 3 heterocycles. The molecule has 2 unspecified atom stereocenters. The average Bonchev–Trinajstić information content (AvgIpc) is 2.53. The molecule has 2 aliphatic rings. The molecule has 0 aliphatic carbocycles. The maximum Gasteiger partial charge on any atom is 0.272 e. The highest BCUT2D eigenvalue weighted by atomic mass is 16.2. The summed E-state index contributed by atoms with van der Waals surface area (Å²) in [7, 11) is 0. The van der Waals surface area contributed by atoms with Crippen LogP contribution in [0.4, 0.5) is 0 Å². The van der Waals surface area contributed by atoms with Crippen molar-refractivity contribution in [3.63, 3.8) is 0 Å². The predicted octanol–water partition coefficient (Wildman–Crippen LogP) is 0.694. The van der Waals surface area contributed by atoms with Crippen molar-refractivity contribution in [2.45, 2.75) is 25.3 Å². The molecule has 2 atom stereocenters. The molecule has 3 rings (SSSR count). The van der Waals surface area contributed by atoms with Crippen molar-refractivity contribution in [2.75, 3.05) is 13.1 Å². The van der Waals surface area contributed by atoms with Crippen LogP contribution in [-0.2, 0) is 4.79 Å². The molecular weight excluding hydrogens is 268 g/mol. The second-order valence-electron chi connectivity index (χ2n) is 5.56. The van der Waals surface area contributed by atoms with Gasteiger partial charge >= 0.3 is 0 Å². The molecule has 0 radical (unpaired) electrons. The Morgan fingerprint density at radius 1 is 1.43 bits per heavy atom. The number of rotatable bonds is 1. The molecule has 1 N–H and O–H groups in total. The van der Waals surface area contributed by atoms with E-state index >= 15 is 0 Å². The Labute approximate surface area is 122 Å². The zero-order chi connectivity index (χ0) is 14.8. The topological polar surface area (TPSA) is 86.1 Å². The number of nitrogens with one attached hydrogen (secondary N) is 1. The molecule has 0 spiro atoms. The smallest absolute Gasteiger partial charge is 0.272 e. The molecule has 0 saturated carbocycles. The maximum atomic E-state index is 12.4. The van der Waals surface area contributed by atoms with Gasteiger partial charge in [0.15, 0.2) is 0 Å². The molecule has 0 bridgehead atoms. The van der Waals surface area contributed by atoms with Crippen LogP contribution in [0.5, 0.6) is 0 Å². The Balaban J connectivity index is 1.68. The molecule has 1 aromatic heterocycles. The third kappa shape index (κ3) is 2.72. The number of nitrogens with zero attached hydrogens (tertiary/aromatic N) is 3. The van der Waals surface area contributed by atoms with Gasteiger partial charge in [0, 0.05) is 31.7 Å². The number of carbonyl (C=O) groups is 2. The molecule has 2 fully saturated rings. The van der Waals surface area contributed by atoms with Crippen LogP contribution in [0, 0.1) is 17.2 Å². The van der Waals surface area contributed by atoms with Crippen LogP contribution >= 0.6 is 0 Å². The van der Waals surface area contributed by atoms with E-state index in [1.165, 1.54) is 6.20 Å². The largest absolute Gasteiger partial charge is 0.353 e. The van der Waals surface area contributed by atoms with Gasteiger partial charge in [0.05, 0.1) is 5.56 Å². The van der Waals surface area contributed by atoms with Gasteiger partial charge in [-0.2, -0.15) is 5.26 Å². The molecule has 0 aromatic carbocycles. The van der Waals surface area contributed by atoms with Crippen molar-refractivity contribution in [3.05, 3.63) is 29.6 Å². The quantitative estimate of drug-likeness (QED) is 0.822. The lowest BCUT2D eigenvalue weighted by molar-refractivity contribution is -0.125. The highest BCUT2D eigenvalue weighted by molar-refractivity contribution is 5.92. The van der Waals surface area contributed by atoms with E-state index in [9.17, 15) is 9.59 Å². The fourth-order valence-corrected chi connectivity index (χ4v) is 3.04. The summed E-state index contributed by atoms with van der Waals surface area (Å²) < 4.78 is 0. The summed E-state index contributed by atoms with van der Waals surface area (Å²) in [6.45, 7) is 1.29. The van der Waals surface area contributed by atoms with E-state index in [0.29, 0.717) is 36.7 Å². The van der Waals surface area contributed by atoms with Crippen molar-refractivity contribution in [1.29, 1.82) is 5.26 Å². The van der Waals surface area contributed by atoms with Crippen LogP contribution in [0.15, 0.2) is 18.3 Å². The van der Waals surface area contributed by atoms with Gasteiger partial charge in [-0.25, -0.2) is 4.98 Å². The van der Waals surface area contributed by atoms with Crippen LogP contribution in [-0.4, -0.2) is 40.8 Å². The summed E-state index contributed by atoms with van der Waals surface area (Å²) in [5, 5.41) is 11.8. The Morgan fingerprint density at radius 3 is 3.00 bits per heavy atom. The Hall–Kier alpha value is -2.42. The minimum atomic E-state index is -0.102. The number of piperidine rings is 2. The number of hydrogen-bond acceptors (Lipinski definition) is 4. The van der Waals surface area contributed by atoms with Gasteiger partial charge in [0.25, 0.3) is 5.91 Å². The Morgan fingerprint density at radius 2 is 2.29 bits per heavy atom. The third-order valence-electron chi connectivity index (χ3n) is 4.22. The van der Waals surface area contributed by atoms with Crippen molar-refractivity contribution in [2.24, 2.45) is 5.92 Å². The molecule has 21 heavy (non-hydrogen) atoms. The fourth-order valence-electron chi connectivity index (χ4n) is 3.04. The van der Waals surface area contributed by atoms with Gasteiger partial charge in [-0.1, -0.05) is 0 Å². The van der Waals surface area contributed by atoms with Gasteiger partial charge in [-0.15, -0.1) is 0 Å². The van der Waals surface area contributed by atoms with Crippen LogP contribution < -0.4 is 5.32 Å². The van der Waals surface area contributed by atoms with E-state index in [1.807, 2.05) is 6.07 Å². The number of aromatic nitrogens is 1. The van der Waals surface area contributed by atoms with Gasteiger partial charge in [0.2, 0.25) is 5.91 Å². The molecule has 2 amide bonds. The summed E-state index contributed by atoms with van der Waals surface area (Å²) in [4.78, 5) is 29.7. The SMILES string of the molecule is N#Cc1ccc(C(=O)N2CCC3NC(=O)CCC3C2)nc1. The van der Waals surface area contributed by atoms with Crippen molar-refractivity contribution >= 4 is 11.8 Å². The van der Waals surface area contributed by atoms with Gasteiger partial charge < -0.3 is 10.2 Å². The zero-order valence-electron chi connectivity index (χ0n) is 11.6. The van der Waals surface area contributed by atoms with Crippen molar-refractivity contribution in [3.8, 4) is 6.07 Å². The maximum absolute atomic E-state index is 12.4. The molecule has 6 nitrogen and oxygen atoms in total. The molecular formula is C15H16N4O2. The number of hydrogen-bond donors (Lipinski definition) is 1. The Kier molecular flexibility index (Phi) is 3.57. The lowest BCUT2D eigenvalue weighted by atomic mass is 9.85. The van der Waals surface area contributed by atoms with Crippen molar-refractivity contribution < 1.29 is 9.59 Å². The van der Waals surface area contributed by atoms with Crippen LogP contribution in [0.1, 0.15) is 35.3 Å². The third-order valence-corrected chi connectivity index (χ3v) is 4.22. The summed E-state index contributed by atoms with van der Waals surface area (Å²) in [6.07, 6.45) is 3.58. The molecule has 108 valence electrons. The lowest BCUT2D eigenvalue weighted by Gasteiger charge is -2.41. The lowest BCUT2D eigenvalue weighted by Crippen LogP contribution is -2.55. The first-order valence-electron chi connectivity index (χ1n) is 7.12. The first-order chi connectivity index (χ1) is 10.2. The Bertz CT molecular complexity index is 605. The van der Waals surface area contributed by atoms with E-state index in [0.717, 1.165) is 12.8 Å². The molecule has 2 saturated heterocycles. The van der Waals surface area contributed by atoms with E-state index in [-0.39, 0.29) is 17.9 Å². The first-order valence-corrected chi connectivity index (χ1v) is 7.12. The molecule has 1 aromatic rings.